The summed E-state index contributed by atoms with van der Waals surface area (Å²) in [6.45, 7) is 4.90. The summed E-state index contributed by atoms with van der Waals surface area (Å²) in [5, 5.41) is 3.15. The van der Waals surface area contributed by atoms with E-state index < -0.39 is 0 Å². The van der Waals surface area contributed by atoms with Crippen molar-refractivity contribution >= 4 is 11.6 Å². The van der Waals surface area contributed by atoms with Crippen molar-refractivity contribution in [3.63, 3.8) is 0 Å². The fourth-order valence-corrected chi connectivity index (χ4v) is 3.42. The quantitative estimate of drug-likeness (QED) is 0.789. The predicted molar refractivity (Wildman–Crippen MR) is 99.8 cm³/mol. The molecule has 3 aromatic rings. The molecule has 4 rings (SSSR count). The lowest BCUT2D eigenvalue weighted by Crippen LogP contribution is -2.42. The van der Waals surface area contributed by atoms with Crippen molar-refractivity contribution in [1.29, 1.82) is 0 Å². The Balaban J connectivity index is 1.74. The Hall–Kier alpha value is -2.89. The van der Waals surface area contributed by atoms with Gasteiger partial charge in [0.1, 0.15) is 0 Å². The van der Waals surface area contributed by atoms with Gasteiger partial charge in [-0.05, 0) is 12.0 Å². The minimum atomic E-state index is -0.117. The average molecular weight is 350 g/mol. The molecule has 0 saturated heterocycles. The third kappa shape index (κ3) is 2.71. The molecule has 26 heavy (non-hydrogen) atoms. The minimum absolute atomic E-state index is 0.0221. The zero-order chi connectivity index (χ0) is 18.3. The average Bonchev–Trinajstić information content (AvgIpc) is 3.12. The number of amides is 1. The maximum atomic E-state index is 13.0. The van der Waals surface area contributed by atoms with Gasteiger partial charge in [-0.25, -0.2) is 9.50 Å². The molecule has 0 aliphatic carbocycles. The van der Waals surface area contributed by atoms with Crippen LogP contribution in [-0.4, -0.2) is 31.9 Å². The molecular formula is C20H22N4O2. The van der Waals surface area contributed by atoms with E-state index in [1.807, 2.05) is 50.2 Å². The van der Waals surface area contributed by atoms with Gasteiger partial charge in [0.25, 0.3) is 5.56 Å². The topological polar surface area (TPSA) is 70.5 Å². The molecular weight excluding hydrogens is 328 g/mol. The van der Waals surface area contributed by atoms with Crippen LogP contribution >= 0.6 is 0 Å². The first kappa shape index (κ1) is 16.6. The van der Waals surface area contributed by atoms with E-state index >= 15 is 0 Å². The number of aromatic amines is 1. The monoisotopic (exact) mass is 350 g/mol. The number of rotatable bonds is 3. The summed E-state index contributed by atoms with van der Waals surface area (Å²) < 4.78 is 1.48. The summed E-state index contributed by atoms with van der Waals surface area (Å²) in [6.07, 6.45) is 1.42. The van der Waals surface area contributed by atoms with Crippen LogP contribution in [0.15, 0.2) is 41.2 Å². The molecule has 6 nitrogen and oxygen atoms in total. The summed E-state index contributed by atoms with van der Waals surface area (Å²) in [4.78, 5) is 31.9. The van der Waals surface area contributed by atoms with E-state index in [4.69, 9.17) is 0 Å². The van der Waals surface area contributed by atoms with Gasteiger partial charge in [0.2, 0.25) is 5.91 Å². The summed E-state index contributed by atoms with van der Waals surface area (Å²) >= 11 is 0. The van der Waals surface area contributed by atoms with E-state index in [0.717, 1.165) is 23.4 Å². The molecule has 0 spiro atoms. The second-order valence-electron chi connectivity index (χ2n) is 6.89. The van der Waals surface area contributed by atoms with E-state index in [-0.39, 0.29) is 17.4 Å². The van der Waals surface area contributed by atoms with Gasteiger partial charge in [0, 0.05) is 24.9 Å². The van der Waals surface area contributed by atoms with Gasteiger partial charge in [-0.15, -0.1) is 0 Å². The van der Waals surface area contributed by atoms with Crippen molar-refractivity contribution in [2.75, 3.05) is 6.54 Å². The van der Waals surface area contributed by atoms with Crippen LogP contribution in [0.4, 0.5) is 0 Å². The molecule has 0 saturated carbocycles. The van der Waals surface area contributed by atoms with Gasteiger partial charge in [-0.1, -0.05) is 44.2 Å². The summed E-state index contributed by atoms with van der Waals surface area (Å²) in [5.41, 5.74) is 3.78. The summed E-state index contributed by atoms with van der Waals surface area (Å²) in [7, 11) is 0. The Morgan fingerprint density at radius 2 is 2.08 bits per heavy atom. The zero-order valence-electron chi connectivity index (χ0n) is 15.0. The Morgan fingerprint density at radius 1 is 1.31 bits per heavy atom. The molecule has 1 aliphatic heterocycles. The zero-order valence-corrected chi connectivity index (χ0v) is 15.0. The second kappa shape index (κ2) is 6.44. The van der Waals surface area contributed by atoms with Crippen molar-refractivity contribution in [3.05, 3.63) is 58.0 Å². The van der Waals surface area contributed by atoms with Gasteiger partial charge < -0.3 is 4.90 Å². The lowest BCUT2D eigenvalue weighted by Gasteiger charge is -2.29. The van der Waals surface area contributed by atoms with Crippen LogP contribution in [0.25, 0.3) is 16.9 Å². The molecule has 0 bridgehead atoms. The van der Waals surface area contributed by atoms with E-state index in [1.54, 1.807) is 4.90 Å². The third-order valence-corrected chi connectivity index (χ3v) is 5.19. The van der Waals surface area contributed by atoms with Gasteiger partial charge in [0.05, 0.1) is 23.5 Å². The molecule has 1 atom stereocenters. The van der Waals surface area contributed by atoms with Crippen molar-refractivity contribution < 1.29 is 4.79 Å². The number of H-pyrrole nitrogens is 1. The highest BCUT2D eigenvalue weighted by Gasteiger charge is 2.27. The van der Waals surface area contributed by atoms with Crippen molar-refractivity contribution in [2.24, 2.45) is 5.92 Å². The van der Waals surface area contributed by atoms with Gasteiger partial charge in [0.15, 0.2) is 5.65 Å². The predicted octanol–water partition coefficient (Wildman–Crippen LogP) is 2.62. The van der Waals surface area contributed by atoms with Crippen LogP contribution < -0.4 is 5.56 Å². The van der Waals surface area contributed by atoms with Crippen LogP contribution in [0.1, 0.15) is 31.5 Å². The molecule has 1 N–H and O–H groups in total. The third-order valence-electron chi connectivity index (χ3n) is 5.19. The lowest BCUT2D eigenvalue weighted by atomic mass is 10.0. The summed E-state index contributed by atoms with van der Waals surface area (Å²) in [5.74, 6) is 0.0882. The smallest absolute Gasteiger partial charge is 0.277 e. The van der Waals surface area contributed by atoms with Crippen molar-refractivity contribution in [3.8, 4) is 11.3 Å². The van der Waals surface area contributed by atoms with Gasteiger partial charge in [-0.2, -0.15) is 0 Å². The molecule has 3 heterocycles. The Bertz CT molecular complexity index is 1020. The van der Waals surface area contributed by atoms with Crippen LogP contribution in [0.5, 0.6) is 0 Å². The Morgan fingerprint density at radius 3 is 2.81 bits per heavy atom. The number of benzene rings is 1. The van der Waals surface area contributed by atoms with Crippen LogP contribution in [0.2, 0.25) is 0 Å². The fraction of sp³-hybridized carbons (Fsp3) is 0.350. The SMILES string of the molecule is CC[C@@H](C)C(=O)N1CCc2nc3cc(-c4ccccc4)[nH]n3c(=O)c2C1. The summed E-state index contributed by atoms with van der Waals surface area (Å²) in [6, 6.07) is 11.7. The molecule has 1 aromatic carbocycles. The minimum Gasteiger partial charge on any atom is -0.337 e. The highest BCUT2D eigenvalue weighted by atomic mass is 16.2. The number of hydrogen-bond donors (Lipinski definition) is 1. The number of aromatic nitrogens is 3. The van der Waals surface area contributed by atoms with Crippen LogP contribution in [0, 0.1) is 5.92 Å². The number of fused-ring (bicyclic) bond motifs is 2. The first-order valence-corrected chi connectivity index (χ1v) is 9.06. The maximum absolute atomic E-state index is 13.0. The number of nitrogens with zero attached hydrogens (tertiary/aromatic N) is 3. The lowest BCUT2D eigenvalue weighted by molar-refractivity contribution is -0.136. The molecule has 1 amide bonds. The normalized spacial score (nSPS) is 15.1. The highest BCUT2D eigenvalue weighted by Crippen LogP contribution is 2.21. The first-order chi connectivity index (χ1) is 12.6. The van der Waals surface area contributed by atoms with Crippen molar-refractivity contribution in [2.45, 2.75) is 33.2 Å². The van der Waals surface area contributed by atoms with E-state index in [2.05, 4.69) is 10.1 Å². The highest BCUT2D eigenvalue weighted by molar-refractivity contribution is 5.78. The molecule has 6 heteroatoms. The second-order valence-corrected chi connectivity index (χ2v) is 6.89. The number of nitrogens with one attached hydrogen (secondary N) is 1. The molecule has 1 aliphatic rings. The number of hydrogen-bond acceptors (Lipinski definition) is 3. The number of carbonyl (C=O) groups is 1. The largest absolute Gasteiger partial charge is 0.337 e. The fourth-order valence-electron chi connectivity index (χ4n) is 3.42. The van der Waals surface area contributed by atoms with Crippen molar-refractivity contribution in [1.82, 2.24) is 19.5 Å². The van der Waals surface area contributed by atoms with Crippen LogP contribution in [-0.2, 0) is 17.8 Å². The van der Waals surface area contributed by atoms with E-state index in [0.29, 0.717) is 30.7 Å². The van der Waals surface area contributed by atoms with Gasteiger partial charge in [-0.3, -0.25) is 14.7 Å². The maximum Gasteiger partial charge on any atom is 0.277 e. The standard InChI is InChI=1S/C20H22N4O2/c1-3-13(2)19(25)23-10-9-16-15(12-23)20(26)24-18(21-16)11-17(22-24)14-7-5-4-6-8-14/h4-8,11,13,22H,3,9-10,12H2,1-2H3/t13-/m1/s1. The van der Waals surface area contributed by atoms with E-state index in [9.17, 15) is 9.59 Å². The molecule has 0 unspecified atom stereocenters. The first-order valence-electron chi connectivity index (χ1n) is 9.06. The molecule has 134 valence electrons. The molecule has 0 radical (unpaired) electrons. The Kier molecular flexibility index (Phi) is 4.11. The Labute approximate surface area is 151 Å². The number of carbonyl (C=O) groups excluding carboxylic acids is 1. The van der Waals surface area contributed by atoms with Gasteiger partial charge >= 0.3 is 0 Å². The molecule has 0 fully saturated rings. The van der Waals surface area contributed by atoms with E-state index in [1.165, 1.54) is 4.52 Å². The molecule has 2 aromatic heterocycles. The van der Waals surface area contributed by atoms with Crippen LogP contribution in [0.3, 0.4) is 0 Å².